The van der Waals surface area contributed by atoms with Gasteiger partial charge in [-0.2, -0.15) is 0 Å². The molecule has 0 saturated heterocycles. The summed E-state index contributed by atoms with van der Waals surface area (Å²) in [5.41, 5.74) is 8.53. The molecule has 0 saturated carbocycles. The van der Waals surface area contributed by atoms with Gasteiger partial charge < -0.3 is 15.4 Å². The second-order valence-electron chi connectivity index (χ2n) is 4.94. The summed E-state index contributed by atoms with van der Waals surface area (Å²) in [6.45, 7) is 0.0812. The molecule has 0 aromatic heterocycles. The zero-order valence-corrected chi connectivity index (χ0v) is 11.0. The molecule has 18 heavy (non-hydrogen) atoms. The fraction of sp³-hybridized carbons (Fsp3) is 0.500. The number of amides is 1. The van der Waals surface area contributed by atoms with E-state index in [1.165, 1.54) is 16.0 Å². The molecule has 1 aromatic rings. The fourth-order valence-electron chi connectivity index (χ4n) is 2.19. The Kier molecular flexibility index (Phi) is 3.87. The molecule has 98 valence electrons. The van der Waals surface area contributed by atoms with Crippen molar-refractivity contribution in [2.45, 2.75) is 25.3 Å². The number of nitrogens with two attached hydrogens (primary N) is 1. The lowest BCUT2D eigenvalue weighted by Crippen LogP contribution is -2.27. The Balaban J connectivity index is 2.05. The van der Waals surface area contributed by atoms with E-state index in [0.29, 0.717) is 0 Å². The average Bonchev–Trinajstić information content (AvgIpc) is 2.36. The summed E-state index contributed by atoms with van der Waals surface area (Å²) in [6, 6.07) is 6.07. The van der Waals surface area contributed by atoms with Crippen molar-refractivity contribution in [1.82, 2.24) is 4.90 Å². The van der Waals surface area contributed by atoms with Crippen LogP contribution in [0.25, 0.3) is 0 Å². The molecule has 2 N–H and O–H groups in total. The standard InChI is InChI=1S/C14H20N2O2/c1-16(2)14(17)9-18-11-6-7-12-10(8-11)4-3-5-13(12)15/h6-8,13H,3-5,9,15H2,1-2H3. The maximum atomic E-state index is 11.4. The summed E-state index contributed by atoms with van der Waals surface area (Å²) < 4.78 is 5.50. The number of hydrogen-bond acceptors (Lipinski definition) is 3. The van der Waals surface area contributed by atoms with E-state index in [2.05, 4.69) is 0 Å². The number of carbonyl (C=O) groups is 1. The second-order valence-corrected chi connectivity index (χ2v) is 4.94. The van der Waals surface area contributed by atoms with E-state index in [0.717, 1.165) is 25.0 Å². The molecule has 1 unspecified atom stereocenters. The second kappa shape index (κ2) is 5.40. The van der Waals surface area contributed by atoms with Gasteiger partial charge in [0.05, 0.1) is 0 Å². The first-order valence-corrected chi connectivity index (χ1v) is 6.29. The summed E-state index contributed by atoms with van der Waals surface area (Å²) in [5, 5.41) is 0. The molecule has 0 aliphatic heterocycles. The lowest BCUT2D eigenvalue weighted by Gasteiger charge is -2.22. The first-order valence-electron chi connectivity index (χ1n) is 6.29. The third kappa shape index (κ3) is 2.82. The van der Waals surface area contributed by atoms with Gasteiger partial charge in [-0.15, -0.1) is 0 Å². The molecule has 1 aliphatic carbocycles. The van der Waals surface area contributed by atoms with E-state index in [1.54, 1.807) is 14.1 Å². The fourth-order valence-corrected chi connectivity index (χ4v) is 2.19. The van der Waals surface area contributed by atoms with Gasteiger partial charge in [0.2, 0.25) is 0 Å². The average molecular weight is 248 g/mol. The van der Waals surface area contributed by atoms with Crippen LogP contribution >= 0.6 is 0 Å². The van der Waals surface area contributed by atoms with Gasteiger partial charge in [0.15, 0.2) is 6.61 Å². The van der Waals surface area contributed by atoms with E-state index in [1.807, 2.05) is 18.2 Å². The van der Waals surface area contributed by atoms with Gasteiger partial charge in [-0.1, -0.05) is 6.07 Å². The van der Waals surface area contributed by atoms with Crippen molar-refractivity contribution >= 4 is 5.91 Å². The van der Waals surface area contributed by atoms with Crippen LogP contribution in [-0.4, -0.2) is 31.5 Å². The Morgan fingerprint density at radius 1 is 1.50 bits per heavy atom. The summed E-state index contributed by atoms with van der Waals surface area (Å²) in [4.78, 5) is 13.0. The number of rotatable bonds is 3. The van der Waals surface area contributed by atoms with Crippen molar-refractivity contribution in [3.63, 3.8) is 0 Å². The smallest absolute Gasteiger partial charge is 0.259 e. The number of benzene rings is 1. The van der Waals surface area contributed by atoms with Crippen LogP contribution in [0, 0.1) is 0 Å². The number of hydrogen-bond donors (Lipinski definition) is 1. The zero-order chi connectivity index (χ0) is 13.1. The van der Waals surface area contributed by atoms with E-state index < -0.39 is 0 Å². The Morgan fingerprint density at radius 3 is 3.00 bits per heavy atom. The monoisotopic (exact) mass is 248 g/mol. The van der Waals surface area contributed by atoms with E-state index in [9.17, 15) is 4.79 Å². The molecule has 0 heterocycles. The quantitative estimate of drug-likeness (QED) is 0.881. The van der Waals surface area contributed by atoms with Crippen LogP contribution in [0.5, 0.6) is 5.75 Å². The molecule has 0 spiro atoms. The van der Waals surface area contributed by atoms with Crippen molar-refractivity contribution in [2.75, 3.05) is 20.7 Å². The minimum absolute atomic E-state index is 0.0376. The van der Waals surface area contributed by atoms with Gasteiger partial charge in [-0.25, -0.2) is 0 Å². The number of likely N-dealkylation sites (N-methyl/N-ethyl adjacent to an activating group) is 1. The third-order valence-electron chi connectivity index (χ3n) is 3.34. The van der Waals surface area contributed by atoms with Crippen LogP contribution in [0.3, 0.4) is 0 Å². The first-order chi connectivity index (χ1) is 8.58. The molecular weight excluding hydrogens is 228 g/mol. The summed E-state index contributed by atoms with van der Waals surface area (Å²) in [7, 11) is 3.44. The Hall–Kier alpha value is -1.55. The van der Waals surface area contributed by atoms with E-state index >= 15 is 0 Å². The van der Waals surface area contributed by atoms with E-state index in [4.69, 9.17) is 10.5 Å². The lowest BCUT2D eigenvalue weighted by molar-refractivity contribution is -0.130. The highest BCUT2D eigenvalue weighted by Crippen LogP contribution is 2.30. The Bertz CT molecular complexity index is 443. The van der Waals surface area contributed by atoms with Gasteiger partial charge in [-0.05, 0) is 42.5 Å². The van der Waals surface area contributed by atoms with Crippen LogP contribution in [0.4, 0.5) is 0 Å². The van der Waals surface area contributed by atoms with Gasteiger partial charge >= 0.3 is 0 Å². The molecule has 0 fully saturated rings. The number of aryl methyl sites for hydroxylation is 1. The number of ether oxygens (including phenoxy) is 1. The topological polar surface area (TPSA) is 55.6 Å². The van der Waals surface area contributed by atoms with Crippen LogP contribution in [0.15, 0.2) is 18.2 Å². The minimum atomic E-state index is -0.0376. The van der Waals surface area contributed by atoms with Crippen LogP contribution in [-0.2, 0) is 11.2 Å². The first kappa shape index (κ1) is 12.9. The molecular formula is C14H20N2O2. The van der Waals surface area contributed by atoms with Gasteiger partial charge in [0, 0.05) is 20.1 Å². The number of carbonyl (C=O) groups excluding carboxylic acids is 1. The maximum absolute atomic E-state index is 11.4. The molecule has 2 rings (SSSR count). The summed E-state index contributed by atoms with van der Waals surface area (Å²) >= 11 is 0. The van der Waals surface area contributed by atoms with Crippen LogP contribution in [0.1, 0.15) is 30.0 Å². The molecule has 0 bridgehead atoms. The highest BCUT2D eigenvalue weighted by atomic mass is 16.5. The summed E-state index contributed by atoms with van der Waals surface area (Å²) in [6.07, 6.45) is 3.21. The molecule has 1 aliphatic rings. The highest BCUT2D eigenvalue weighted by molar-refractivity contribution is 5.77. The van der Waals surface area contributed by atoms with Gasteiger partial charge in [0.1, 0.15) is 5.75 Å². The molecule has 1 atom stereocenters. The zero-order valence-electron chi connectivity index (χ0n) is 11.0. The van der Waals surface area contributed by atoms with Crippen molar-refractivity contribution in [3.05, 3.63) is 29.3 Å². The predicted octanol–water partition coefficient (Wildman–Crippen LogP) is 1.49. The van der Waals surface area contributed by atoms with Crippen LogP contribution in [0.2, 0.25) is 0 Å². The van der Waals surface area contributed by atoms with Crippen molar-refractivity contribution in [3.8, 4) is 5.75 Å². The van der Waals surface area contributed by atoms with Crippen LogP contribution < -0.4 is 10.5 Å². The van der Waals surface area contributed by atoms with Crippen molar-refractivity contribution < 1.29 is 9.53 Å². The predicted molar refractivity (Wildman–Crippen MR) is 70.5 cm³/mol. The minimum Gasteiger partial charge on any atom is -0.484 e. The molecule has 4 nitrogen and oxygen atoms in total. The highest BCUT2D eigenvalue weighted by Gasteiger charge is 2.17. The largest absolute Gasteiger partial charge is 0.484 e. The van der Waals surface area contributed by atoms with E-state index in [-0.39, 0.29) is 18.6 Å². The molecule has 1 aromatic carbocycles. The molecule has 4 heteroatoms. The Labute approximate surface area is 108 Å². The number of fused-ring (bicyclic) bond motifs is 1. The number of nitrogens with zero attached hydrogens (tertiary/aromatic N) is 1. The normalized spacial score (nSPS) is 18.1. The van der Waals surface area contributed by atoms with Crippen molar-refractivity contribution in [1.29, 1.82) is 0 Å². The lowest BCUT2D eigenvalue weighted by atomic mass is 9.88. The van der Waals surface area contributed by atoms with Crippen molar-refractivity contribution in [2.24, 2.45) is 5.73 Å². The van der Waals surface area contributed by atoms with Gasteiger partial charge in [-0.3, -0.25) is 4.79 Å². The third-order valence-corrected chi connectivity index (χ3v) is 3.34. The SMILES string of the molecule is CN(C)C(=O)COc1ccc2c(c1)CCCC2N. The Morgan fingerprint density at radius 2 is 2.28 bits per heavy atom. The summed E-state index contributed by atoms with van der Waals surface area (Å²) in [5.74, 6) is 0.711. The molecule has 1 amide bonds. The van der Waals surface area contributed by atoms with Gasteiger partial charge in [0.25, 0.3) is 5.91 Å². The molecule has 0 radical (unpaired) electrons. The maximum Gasteiger partial charge on any atom is 0.259 e.